The van der Waals surface area contributed by atoms with E-state index in [1.807, 2.05) is 0 Å². The van der Waals surface area contributed by atoms with E-state index in [0.717, 1.165) is 0 Å². The summed E-state index contributed by atoms with van der Waals surface area (Å²) in [4.78, 5) is 0. The van der Waals surface area contributed by atoms with Crippen LogP contribution in [-0.2, 0) is 17.7 Å². The van der Waals surface area contributed by atoms with Gasteiger partial charge in [-0.15, -0.1) is 0 Å². The molecule has 0 aliphatic heterocycles. The second-order valence-corrected chi connectivity index (χ2v) is 3.72. The minimum absolute atomic E-state index is 0.0645. The van der Waals surface area contributed by atoms with Crippen LogP contribution in [0.1, 0.15) is 16.7 Å². The fourth-order valence-corrected chi connectivity index (χ4v) is 1.79. The highest BCUT2D eigenvalue weighted by Gasteiger charge is 2.44. The first-order valence-electron chi connectivity index (χ1n) is 4.13. The van der Waals surface area contributed by atoms with Gasteiger partial charge in [-0.1, -0.05) is 15.9 Å². The molecule has 0 unspecified atom stereocenters. The molecule has 1 aromatic rings. The Hall–Kier alpha value is -0.920. The van der Waals surface area contributed by atoms with Gasteiger partial charge < -0.3 is 5.11 Å². The summed E-state index contributed by atoms with van der Waals surface area (Å²) in [6.07, 6.45) is -10.3. The highest BCUT2D eigenvalue weighted by Crippen LogP contribution is 2.44. The van der Waals surface area contributed by atoms with Crippen molar-refractivity contribution in [2.45, 2.75) is 17.7 Å². The molecule has 1 nitrogen and oxygen atoms in total. The molecule has 0 saturated heterocycles. The molecule has 0 aliphatic rings. The molecule has 0 fully saturated rings. The Balaban J connectivity index is 3.63. The van der Waals surface area contributed by atoms with E-state index in [-0.39, 0.29) is 6.07 Å². The van der Waals surface area contributed by atoms with Crippen molar-refractivity contribution in [3.63, 3.8) is 0 Å². The summed E-state index contributed by atoms with van der Waals surface area (Å²) in [5.41, 5.74) is -4.33. The van der Waals surface area contributed by atoms with Gasteiger partial charge in [-0.2, -0.15) is 26.3 Å². The molecule has 0 radical (unpaired) electrons. The predicted octanol–water partition coefficient (Wildman–Crippen LogP) is 4.32. The fourth-order valence-electron chi connectivity index (χ4n) is 1.35. The molecule has 1 N–H and O–H groups in total. The fraction of sp³-hybridized carbons (Fsp3) is 0.333. The number of phenolic OH excluding ortho intramolecular Hbond substituents is 1. The number of hydrogen-bond donors (Lipinski definition) is 1. The summed E-state index contributed by atoms with van der Waals surface area (Å²) in [6, 6.07) is 0.710. The number of rotatable bonds is 1. The van der Waals surface area contributed by atoms with Gasteiger partial charge in [0.05, 0.1) is 11.1 Å². The number of benzene rings is 1. The lowest BCUT2D eigenvalue weighted by atomic mass is 10.0. The van der Waals surface area contributed by atoms with Gasteiger partial charge in [0.2, 0.25) is 0 Å². The van der Waals surface area contributed by atoms with Crippen molar-refractivity contribution in [1.82, 2.24) is 0 Å². The zero-order valence-electron chi connectivity index (χ0n) is 7.95. The van der Waals surface area contributed by atoms with Crippen LogP contribution in [0.3, 0.4) is 0 Å². The average Bonchev–Trinajstić information content (AvgIpc) is 2.12. The van der Waals surface area contributed by atoms with E-state index < -0.39 is 40.1 Å². The molecule has 96 valence electrons. The molecule has 0 bridgehead atoms. The summed E-state index contributed by atoms with van der Waals surface area (Å²) in [7, 11) is 0. The lowest BCUT2D eigenvalue weighted by Gasteiger charge is -2.18. The molecule has 0 aliphatic carbocycles. The topological polar surface area (TPSA) is 20.2 Å². The molecule has 0 aromatic heterocycles. The number of phenols is 1. The average molecular weight is 323 g/mol. The van der Waals surface area contributed by atoms with Crippen LogP contribution in [-0.4, -0.2) is 5.11 Å². The van der Waals surface area contributed by atoms with Crippen molar-refractivity contribution in [1.29, 1.82) is 0 Å². The third-order valence-corrected chi connectivity index (χ3v) is 2.54. The van der Waals surface area contributed by atoms with Crippen molar-refractivity contribution >= 4 is 15.9 Å². The molecule has 1 aromatic carbocycles. The van der Waals surface area contributed by atoms with Crippen LogP contribution < -0.4 is 0 Å². The van der Waals surface area contributed by atoms with Crippen molar-refractivity contribution in [3.05, 3.63) is 28.8 Å². The summed E-state index contributed by atoms with van der Waals surface area (Å²) in [5.74, 6) is -0.861. The van der Waals surface area contributed by atoms with Gasteiger partial charge in [0.1, 0.15) is 5.75 Å². The highest BCUT2D eigenvalue weighted by atomic mass is 79.9. The molecule has 0 saturated carbocycles. The van der Waals surface area contributed by atoms with Crippen LogP contribution in [0.15, 0.2) is 12.1 Å². The predicted molar refractivity (Wildman–Crippen MR) is 50.7 cm³/mol. The van der Waals surface area contributed by atoms with Crippen LogP contribution in [0.4, 0.5) is 26.3 Å². The zero-order chi connectivity index (χ0) is 13.4. The van der Waals surface area contributed by atoms with Gasteiger partial charge in [-0.25, -0.2) is 0 Å². The van der Waals surface area contributed by atoms with Crippen molar-refractivity contribution in [2.24, 2.45) is 0 Å². The first-order valence-corrected chi connectivity index (χ1v) is 5.25. The van der Waals surface area contributed by atoms with E-state index in [1.54, 1.807) is 0 Å². The Labute approximate surface area is 100 Å². The molecule has 8 heteroatoms. The molecular formula is C9H5BrF6O. The van der Waals surface area contributed by atoms with Crippen molar-refractivity contribution < 1.29 is 31.4 Å². The normalized spacial score (nSPS) is 12.9. The molecule has 1 rings (SSSR count). The van der Waals surface area contributed by atoms with E-state index in [2.05, 4.69) is 15.9 Å². The second kappa shape index (κ2) is 4.40. The largest absolute Gasteiger partial charge is 0.508 e. The maximum Gasteiger partial charge on any atom is 0.417 e. The molecule has 0 heterocycles. The third-order valence-electron chi connectivity index (χ3n) is 1.94. The number of alkyl halides is 7. The van der Waals surface area contributed by atoms with Gasteiger partial charge in [-0.3, -0.25) is 0 Å². The number of hydrogen-bond acceptors (Lipinski definition) is 1. The summed E-state index contributed by atoms with van der Waals surface area (Å²) >= 11 is 2.66. The SMILES string of the molecule is Oc1cc(CBr)c(C(F)(F)F)c(C(F)(F)F)c1. The monoisotopic (exact) mass is 322 g/mol. The zero-order valence-corrected chi connectivity index (χ0v) is 9.54. The molecule has 0 atom stereocenters. The Morgan fingerprint density at radius 2 is 1.53 bits per heavy atom. The maximum atomic E-state index is 12.6. The van der Waals surface area contributed by atoms with E-state index >= 15 is 0 Å². The van der Waals surface area contributed by atoms with Gasteiger partial charge in [0.25, 0.3) is 0 Å². The van der Waals surface area contributed by atoms with Gasteiger partial charge in [-0.05, 0) is 17.7 Å². The van der Waals surface area contributed by atoms with E-state index in [1.165, 1.54) is 0 Å². The van der Waals surface area contributed by atoms with E-state index in [0.29, 0.717) is 6.07 Å². The van der Waals surface area contributed by atoms with Gasteiger partial charge >= 0.3 is 12.4 Å². The highest BCUT2D eigenvalue weighted by molar-refractivity contribution is 9.08. The van der Waals surface area contributed by atoms with Crippen LogP contribution >= 0.6 is 15.9 Å². The Morgan fingerprint density at radius 1 is 1.00 bits per heavy atom. The first kappa shape index (κ1) is 14.1. The lowest BCUT2D eigenvalue weighted by Crippen LogP contribution is -2.18. The van der Waals surface area contributed by atoms with Crippen molar-refractivity contribution in [2.75, 3.05) is 0 Å². The summed E-state index contributed by atoms with van der Waals surface area (Å²) < 4.78 is 75.0. The summed E-state index contributed by atoms with van der Waals surface area (Å²) in [6.45, 7) is 0. The molecule has 17 heavy (non-hydrogen) atoms. The van der Waals surface area contributed by atoms with Crippen LogP contribution in [0.5, 0.6) is 5.75 Å². The van der Waals surface area contributed by atoms with Crippen LogP contribution in [0.2, 0.25) is 0 Å². The van der Waals surface area contributed by atoms with Gasteiger partial charge in [0.15, 0.2) is 0 Å². The Morgan fingerprint density at radius 3 is 1.88 bits per heavy atom. The Bertz CT molecular complexity index is 423. The molecule has 0 spiro atoms. The van der Waals surface area contributed by atoms with E-state index in [4.69, 9.17) is 5.11 Å². The molecule has 0 amide bonds. The standard InChI is InChI=1S/C9H5BrF6O/c10-3-4-1-5(17)2-6(8(11,12)13)7(4)9(14,15)16/h1-2,17H,3H2. The summed E-state index contributed by atoms with van der Waals surface area (Å²) in [5, 5.41) is 8.55. The smallest absolute Gasteiger partial charge is 0.417 e. The van der Waals surface area contributed by atoms with Crippen molar-refractivity contribution in [3.8, 4) is 5.75 Å². The maximum absolute atomic E-state index is 12.6. The minimum Gasteiger partial charge on any atom is -0.508 e. The minimum atomic E-state index is -5.18. The lowest BCUT2D eigenvalue weighted by molar-refractivity contribution is -0.162. The van der Waals surface area contributed by atoms with Crippen LogP contribution in [0.25, 0.3) is 0 Å². The van der Waals surface area contributed by atoms with Crippen LogP contribution in [0, 0.1) is 0 Å². The second-order valence-electron chi connectivity index (χ2n) is 3.16. The van der Waals surface area contributed by atoms with Gasteiger partial charge in [0, 0.05) is 5.33 Å². The number of aromatic hydroxyl groups is 1. The first-order chi connectivity index (χ1) is 7.57. The quantitative estimate of drug-likeness (QED) is 0.603. The molecular weight excluding hydrogens is 318 g/mol. The number of halogens is 7. The van der Waals surface area contributed by atoms with E-state index in [9.17, 15) is 26.3 Å². The third kappa shape index (κ3) is 3.05. The Kier molecular flexibility index (Phi) is 3.66.